The van der Waals surface area contributed by atoms with E-state index in [2.05, 4.69) is 5.32 Å². The van der Waals surface area contributed by atoms with Crippen LogP contribution in [-0.4, -0.2) is 29.8 Å². The van der Waals surface area contributed by atoms with E-state index in [0.29, 0.717) is 11.6 Å². The van der Waals surface area contributed by atoms with Gasteiger partial charge in [0.15, 0.2) is 0 Å². The van der Waals surface area contributed by atoms with E-state index in [0.717, 1.165) is 5.56 Å². The maximum Gasteiger partial charge on any atom is 0.244 e. The average molecular weight is 311 g/mol. The van der Waals surface area contributed by atoms with Crippen molar-refractivity contribution < 1.29 is 9.59 Å². The highest BCUT2D eigenvalue weighted by molar-refractivity contribution is 6.30. The Kier molecular flexibility index (Phi) is 5.78. The molecule has 116 valence electrons. The van der Waals surface area contributed by atoms with Crippen LogP contribution in [0.4, 0.5) is 0 Å². The van der Waals surface area contributed by atoms with Gasteiger partial charge in [-0.25, -0.2) is 0 Å². The van der Waals surface area contributed by atoms with Gasteiger partial charge in [0.2, 0.25) is 11.8 Å². The Morgan fingerprint density at radius 2 is 1.95 bits per heavy atom. The molecule has 2 amide bonds. The van der Waals surface area contributed by atoms with Crippen molar-refractivity contribution in [3.8, 4) is 0 Å². The number of nitrogens with one attached hydrogen (secondary N) is 1. The van der Waals surface area contributed by atoms with Crippen LogP contribution in [0.1, 0.15) is 33.3 Å². The summed E-state index contributed by atoms with van der Waals surface area (Å²) in [5.74, 6) is -0.271. The van der Waals surface area contributed by atoms with Gasteiger partial charge in [0.05, 0.1) is 0 Å². The number of hydrogen-bond acceptors (Lipinski definition) is 2. The summed E-state index contributed by atoms with van der Waals surface area (Å²) in [4.78, 5) is 25.8. The maximum atomic E-state index is 12.3. The number of benzene rings is 1. The summed E-state index contributed by atoms with van der Waals surface area (Å²) in [6.07, 6.45) is 0. The highest BCUT2D eigenvalue weighted by atomic mass is 35.5. The summed E-state index contributed by atoms with van der Waals surface area (Å²) in [7, 11) is 1.71. The molecule has 0 spiro atoms. The third kappa shape index (κ3) is 5.38. The first kappa shape index (κ1) is 17.5. The highest BCUT2D eigenvalue weighted by Crippen LogP contribution is 2.14. The number of halogens is 1. The Morgan fingerprint density at radius 3 is 2.48 bits per heavy atom. The quantitative estimate of drug-likeness (QED) is 0.929. The second kappa shape index (κ2) is 6.94. The van der Waals surface area contributed by atoms with Crippen LogP contribution in [0.25, 0.3) is 0 Å². The first-order valence-corrected chi connectivity index (χ1v) is 7.29. The summed E-state index contributed by atoms with van der Waals surface area (Å²) < 4.78 is 0. The number of nitrogens with zero attached hydrogens (tertiary/aromatic N) is 1. The van der Waals surface area contributed by atoms with Crippen LogP contribution in [0, 0.1) is 5.41 Å². The van der Waals surface area contributed by atoms with Crippen LogP contribution >= 0.6 is 11.6 Å². The van der Waals surface area contributed by atoms with Crippen LogP contribution < -0.4 is 5.32 Å². The van der Waals surface area contributed by atoms with Crippen molar-refractivity contribution in [3.05, 3.63) is 34.9 Å². The molecule has 1 unspecified atom stereocenters. The number of amides is 2. The molecule has 4 nitrogen and oxygen atoms in total. The van der Waals surface area contributed by atoms with Gasteiger partial charge in [-0.15, -0.1) is 0 Å². The van der Waals surface area contributed by atoms with E-state index in [9.17, 15) is 9.59 Å². The standard InChI is InChI=1S/C16H23ClN2O2/c1-11(18-15(21)16(2,3)4)14(20)19(5)10-12-7-6-8-13(17)9-12/h6-9,11H,10H2,1-5H3,(H,18,21). The molecule has 1 atom stereocenters. The van der Waals surface area contributed by atoms with Gasteiger partial charge < -0.3 is 10.2 Å². The number of hydrogen-bond donors (Lipinski definition) is 1. The Hall–Kier alpha value is -1.55. The second-order valence-corrected chi connectivity index (χ2v) is 6.71. The number of rotatable bonds is 4. The van der Waals surface area contributed by atoms with Gasteiger partial charge >= 0.3 is 0 Å². The molecule has 0 aromatic heterocycles. The summed E-state index contributed by atoms with van der Waals surface area (Å²) in [5, 5.41) is 3.38. The van der Waals surface area contributed by atoms with Gasteiger partial charge in [-0.05, 0) is 24.6 Å². The van der Waals surface area contributed by atoms with Crippen molar-refractivity contribution in [2.24, 2.45) is 5.41 Å². The van der Waals surface area contributed by atoms with Crippen LogP contribution in [0.2, 0.25) is 5.02 Å². The highest BCUT2D eigenvalue weighted by Gasteiger charge is 2.26. The molecule has 5 heteroatoms. The van der Waals surface area contributed by atoms with E-state index in [-0.39, 0.29) is 11.8 Å². The molecule has 1 N–H and O–H groups in total. The lowest BCUT2D eigenvalue weighted by molar-refractivity contribution is -0.137. The predicted molar refractivity (Wildman–Crippen MR) is 85.0 cm³/mol. The topological polar surface area (TPSA) is 49.4 Å². The van der Waals surface area contributed by atoms with Gasteiger partial charge in [0.25, 0.3) is 0 Å². The minimum atomic E-state index is -0.555. The first-order valence-electron chi connectivity index (χ1n) is 6.91. The molecule has 1 rings (SSSR count). The molecule has 0 saturated heterocycles. The van der Waals surface area contributed by atoms with E-state index in [1.807, 2.05) is 39.0 Å². The largest absolute Gasteiger partial charge is 0.344 e. The number of carbonyl (C=O) groups excluding carboxylic acids is 2. The summed E-state index contributed by atoms with van der Waals surface area (Å²) in [6, 6.07) is 6.82. The van der Waals surface area contributed by atoms with Gasteiger partial charge in [0.1, 0.15) is 6.04 Å². The minimum Gasteiger partial charge on any atom is -0.344 e. The molecule has 0 aliphatic carbocycles. The first-order chi connectivity index (χ1) is 9.61. The van der Waals surface area contributed by atoms with E-state index in [1.54, 1.807) is 24.9 Å². The molecule has 1 aromatic carbocycles. The Bertz CT molecular complexity index is 523. The minimum absolute atomic E-state index is 0.132. The molecule has 0 aliphatic rings. The maximum absolute atomic E-state index is 12.3. The summed E-state index contributed by atoms with van der Waals surface area (Å²) in [6.45, 7) is 7.59. The molecule has 0 heterocycles. The van der Waals surface area contributed by atoms with E-state index in [4.69, 9.17) is 11.6 Å². The lowest BCUT2D eigenvalue weighted by Gasteiger charge is -2.25. The van der Waals surface area contributed by atoms with Crippen LogP contribution in [0.15, 0.2) is 24.3 Å². The van der Waals surface area contributed by atoms with E-state index < -0.39 is 11.5 Å². The Balaban J connectivity index is 2.63. The average Bonchev–Trinajstić information content (AvgIpc) is 2.36. The Labute approximate surface area is 131 Å². The molecule has 0 fully saturated rings. The molecule has 0 radical (unpaired) electrons. The number of carbonyl (C=O) groups is 2. The van der Waals surface area contributed by atoms with Crippen LogP contribution in [-0.2, 0) is 16.1 Å². The number of likely N-dealkylation sites (N-methyl/N-ethyl adjacent to an activating group) is 1. The fourth-order valence-electron chi connectivity index (χ4n) is 1.79. The van der Waals surface area contributed by atoms with E-state index >= 15 is 0 Å². The smallest absolute Gasteiger partial charge is 0.244 e. The molecular weight excluding hydrogens is 288 g/mol. The summed E-state index contributed by atoms with van der Waals surface area (Å²) >= 11 is 5.93. The zero-order valence-electron chi connectivity index (χ0n) is 13.2. The molecule has 1 aromatic rings. The normalized spacial score (nSPS) is 12.7. The van der Waals surface area contributed by atoms with Crippen molar-refractivity contribution >= 4 is 23.4 Å². The van der Waals surface area contributed by atoms with Gasteiger partial charge in [-0.1, -0.05) is 44.5 Å². The Morgan fingerprint density at radius 1 is 1.33 bits per heavy atom. The van der Waals surface area contributed by atoms with Gasteiger partial charge in [0, 0.05) is 24.0 Å². The fourth-order valence-corrected chi connectivity index (χ4v) is 2.01. The monoisotopic (exact) mass is 310 g/mol. The zero-order valence-corrected chi connectivity index (χ0v) is 14.0. The lowest BCUT2D eigenvalue weighted by Crippen LogP contribution is -2.48. The van der Waals surface area contributed by atoms with Crippen molar-refractivity contribution in [2.45, 2.75) is 40.3 Å². The van der Waals surface area contributed by atoms with E-state index in [1.165, 1.54) is 0 Å². The third-order valence-electron chi connectivity index (χ3n) is 3.08. The van der Waals surface area contributed by atoms with Crippen molar-refractivity contribution in [2.75, 3.05) is 7.05 Å². The van der Waals surface area contributed by atoms with Crippen molar-refractivity contribution in [1.29, 1.82) is 0 Å². The zero-order chi connectivity index (χ0) is 16.2. The second-order valence-electron chi connectivity index (χ2n) is 6.27. The van der Waals surface area contributed by atoms with Crippen molar-refractivity contribution in [1.82, 2.24) is 10.2 Å². The summed E-state index contributed by atoms with van der Waals surface area (Å²) in [5.41, 5.74) is 0.438. The molecular formula is C16H23ClN2O2. The molecule has 21 heavy (non-hydrogen) atoms. The third-order valence-corrected chi connectivity index (χ3v) is 3.32. The van der Waals surface area contributed by atoms with Gasteiger partial charge in [-0.3, -0.25) is 9.59 Å². The molecule has 0 bridgehead atoms. The van der Waals surface area contributed by atoms with Crippen molar-refractivity contribution in [3.63, 3.8) is 0 Å². The molecule has 0 saturated carbocycles. The fraction of sp³-hybridized carbons (Fsp3) is 0.500. The van der Waals surface area contributed by atoms with Crippen LogP contribution in [0.3, 0.4) is 0 Å². The molecule has 0 aliphatic heterocycles. The SMILES string of the molecule is CC(NC(=O)C(C)(C)C)C(=O)N(C)Cc1cccc(Cl)c1. The predicted octanol–water partition coefficient (Wildman–Crippen LogP) is 2.85. The van der Waals surface area contributed by atoms with Crippen LogP contribution in [0.5, 0.6) is 0 Å². The lowest BCUT2D eigenvalue weighted by atomic mass is 9.95. The van der Waals surface area contributed by atoms with Gasteiger partial charge in [-0.2, -0.15) is 0 Å².